The van der Waals surface area contributed by atoms with E-state index in [1.807, 2.05) is 0 Å². The van der Waals surface area contributed by atoms with Crippen molar-refractivity contribution < 1.29 is 38.9 Å². The summed E-state index contributed by atoms with van der Waals surface area (Å²) in [5.41, 5.74) is 5.33. The SMILES string of the molecule is CSCC[C@H](N)C(=O)OC(=O)OP(=O)(O)O.[Ca+2].[Ca+2].[H-].[H-].[H-].[H-]. The quantitative estimate of drug-likeness (QED) is 0.258. The van der Waals surface area contributed by atoms with E-state index in [0.29, 0.717) is 5.75 Å². The molecule has 0 saturated heterocycles. The predicted octanol–water partition coefficient (Wildman–Crippen LogP) is -0.472. The Morgan fingerprint density at radius 2 is 1.94 bits per heavy atom. The van der Waals surface area contributed by atoms with Gasteiger partial charge >= 0.3 is 95.4 Å². The van der Waals surface area contributed by atoms with E-state index in [4.69, 9.17) is 15.5 Å². The number of carbonyl (C=O) groups excluding carboxylic acids is 2. The van der Waals surface area contributed by atoms with Gasteiger partial charge in [-0.05, 0) is 18.4 Å². The average Bonchev–Trinajstić information content (AvgIpc) is 2.10. The number of hydrogen-bond donors (Lipinski definition) is 3. The average molecular weight is 357 g/mol. The van der Waals surface area contributed by atoms with Crippen molar-refractivity contribution in [3.05, 3.63) is 0 Å². The van der Waals surface area contributed by atoms with Crippen LogP contribution in [0.4, 0.5) is 4.79 Å². The molecule has 0 aliphatic heterocycles. The second-order valence-electron chi connectivity index (χ2n) is 2.64. The summed E-state index contributed by atoms with van der Waals surface area (Å²) in [6.45, 7) is 0. The van der Waals surface area contributed by atoms with Crippen LogP contribution in [0.3, 0.4) is 0 Å². The molecule has 0 heterocycles. The zero-order valence-electron chi connectivity index (χ0n) is 13.8. The second kappa shape index (κ2) is 12.6. The van der Waals surface area contributed by atoms with Crippen LogP contribution in [0.5, 0.6) is 0 Å². The minimum absolute atomic E-state index is 0. The first-order chi connectivity index (χ1) is 7.26. The molecule has 0 unspecified atom stereocenters. The number of rotatable bonds is 5. The Kier molecular flexibility index (Phi) is 17.5. The summed E-state index contributed by atoms with van der Waals surface area (Å²) in [5.74, 6) is -0.503. The smallest absolute Gasteiger partial charge is 1.00 e. The summed E-state index contributed by atoms with van der Waals surface area (Å²) in [4.78, 5) is 38.1. The van der Waals surface area contributed by atoms with E-state index in [-0.39, 0.29) is 87.6 Å². The van der Waals surface area contributed by atoms with Crippen LogP contribution in [0.1, 0.15) is 12.1 Å². The number of hydrogen-bond acceptors (Lipinski definition) is 7. The third-order valence-electron chi connectivity index (χ3n) is 1.31. The van der Waals surface area contributed by atoms with Crippen LogP contribution in [-0.4, -0.2) is 115 Å². The van der Waals surface area contributed by atoms with E-state index >= 15 is 0 Å². The molecule has 4 N–H and O–H groups in total. The molecule has 0 radical (unpaired) electrons. The molecule has 18 heavy (non-hydrogen) atoms. The monoisotopic (exact) mass is 357 g/mol. The van der Waals surface area contributed by atoms with Gasteiger partial charge in [-0.2, -0.15) is 11.8 Å². The van der Waals surface area contributed by atoms with Crippen LogP contribution in [0.15, 0.2) is 0 Å². The molecule has 0 rings (SSSR count). The fourth-order valence-corrected chi connectivity index (χ4v) is 1.36. The maximum Gasteiger partial charge on any atom is 2.00 e. The molecule has 0 aliphatic carbocycles. The second-order valence-corrected chi connectivity index (χ2v) is 4.79. The molecule has 0 bridgehead atoms. The van der Waals surface area contributed by atoms with E-state index in [1.165, 1.54) is 11.8 Å². The van der Waals surface area contributed by atoms with Gasteiger partial charge in [0, 0.05) is 0 Å². The van der Waals surface area contributed by atoms with E-state index in [0.717, 1.165) is 0 Å². The number of thioether (sulfide) groups is 1. The van der Waals surface area contributed by atoms with Gasteiger partial charge in [-0.15, -0.1) is 0 Å². The Morgan fingerprint density at radius 1 is 1.44 bits per heavy atom. The number of esters is 1. The van der Waals surface area contributed by atoms with Crippen molar-refractivity contribution >= 4 is 107 Å². The topological polar surface area (TPSA) is 136 Å². The van der Waals surface area contributed by atoms with Crippen molar-refractivity contribution in [3.8, 4) is 0 Å². The minimum atomic E-state index is -5.00. The number of phosphoric acid groups is 1. The minimum Gasteiger partial charge on any atom is -1.00 e. The molecule has 0 spiro atoms. The van der Waals surface area contributed by atoms with Gasteiger partial charge in [0.25, 0.3) is 0 Å². The van der Waals surface area contributed by atoms with Gasteiger partial charge in [-0.25, -0.2) is 14.2 Å². The third-order valence-corrected chi connectivity index (χ3v) is 2.34. The normalized spacial score (nSPS) is 11.6. The van der Waals surface area contributed by atoms with Gasteiger partial charge in [-0.3, -0.25) is 9.79 Å². The summed E-state index contributed by atoms with van der Waals surface area (Å²) in [7, 11) is -5.00. The van der Waals surface area contributed by atoms with Crippen LogP contribution in [0, 0.1) is 0 Å². The maximum absolute atomic E-state index is 11.0. The zero-order chi connectivity index (χ0) is 12.8. The molecule has 1 atom stereocenters. The van der Waals surface area contributed by atoms with Crippen LogP contribution in [-0.2, 0) is 18.6 Å². The van der Waals surface area contributed by atoms with Crippen molar-refractivity contribution in [2.45, 2.75) is 12.5 Å². The summed E-state index contributed by atoms with van der Waals surface area (Å²) >= 11 is 1.45. The Morgan fingerprint density at radius 3 is 2.33 bits per heavy atom. The van der Waals surface area contributed by atoms with Crippen molar-refractivity contribution in [3.63, 3.8) is 0 Å². The molecule has 0 saturated carbocycles. The number of carbonyl (C=O) groups is 2. The fraction of sp³-hybridized carbons (Fsp3) is 0.667. The first-order valence-electron chi connectivity index (χ1n) is 4.01. The molecule has 0 aromatic heterocycles. The van der Waals surface area contributed by atoms with Crippen LogP contribution >= 0.6 is 19.6 Å². The number of phosphoric ester groups is 1. The van der Waals surface area contributed by atoms with E-state index in [2.05, 4.69) is 9.26 Å². The van der Waals surface area contributed by atoms with E-state index < -0.39 is 26.0 Å². The van der Waals surface area contributed by atoms with Gasteiger partial charge in [0.2, 0.25) is 0 Å². The van der Waals surface area contributed by atoms with Crippen LogP contribution < -0.4 is 5.73 Å². The summed E-state index contributed by atoms with van der Waals surface area (Å²) in [5, 5.41) is 0. The maximum atomic E-state index is 11.0. The van der Waals surface area contributed by atoms with Gasteiger partial charge in [0.15, 0.2) is 0 Å². The standard InChI is InChI=1S/C6H12NO7PS.2Ca.4H/c1-16-3-2-4(7)5(8)13-6(9)14-15(10,11)12;;;;;;/h4H,2-3,7H2,1H3,(H2,10,11,12);;;;;;/q;2*+2;4*-1/t4-;;;;;;/m0....../s1. The fourth-order valence-electron chi connectivity index (χ4n) is 0.636. The Balaban J connectivity index is -0.0000000750. The molecule has 0 fully saturated rings. The molecule has 0 aromatic carbocycles. The molecular formula is C6H16Ca2NO7PS. The Bertz CT molecular complexity index is 327. The predicted molar refractivity (Wildman–Crippen MR) is 71.5 cm³/mol. The largest absolute Gasteiger partial charge is 2.00 e. The van der Waals surface area contributed by atoms with E-state index in [9.17, 15) is 14.2 Å². The van der Waals surface area contributed by atoms with Crippen LogP contribution in [0.25, 0.3) is 0 Å². The van der Waals surface area contributed by atoms with Crippen molar-refractivity contribution in [1.29, 1.82) is 0 Å². The van der Waals surface area contributed by atoms with Gasteiger partial charge < -0.3 is 20.7 Å². The van der Waals surface area contributed by atoms with Crippen molar-refractivity contribution in [2.75, 3.05) is 12.0 Å². The summed E-state index contributed by atoms with van der Waals surface area (Å²) in [6, 6.07) is -1.03. The molecule has 0 amide bonds. The van der Waals surface area contributed by atoms with Crippen molar-refractivity contribution in [2.24, 2.45) is 5.73 Å². The summed E-state index contributed by atoms with van der Waals surface area (Å²) < 4.78 is 17.6. The molecule has 12 heteroatoms. The van der Waals surface area contributed by atoms with Gasteiger partial charge in [-0.1, -0.05) is 0 Å². The van der Waals surface area contributed by atoms with Crippen molar-refractivity contribution in [1.82, 2.24) is 0 Å². The van der Waals surface area contributed by atoms with Gasteiger partial charge in [0.1, 0.15) is 6.04 Å². The summed E-state index contributed by atoms with van der Waals surface area (Å²) in [6.07, 6.45) is 0.321. The number of nitrogens with two attached hydrogens (primary N) is 1. The molecule has 0 aromatic rings. The third kappa shape index (κ3) is 14.3. The Hall–Kier alpha value is 1.92. The molecular weight excluding hydrogens is 341 g/mol. The Labute approximate surface area is 174 Å². The molecule has 102 valence electrons. The van der Waals surface area contributed by atoms with Gasteiger partial charge in [0.05, 0.1) is 0 Å². The number of ether oxygens (including phenoxy) is 1. The van der Waals surface area contributed by atoms with Crippen LogP contribution in [0.2, 0.25) is 0 Å². The molecule has 0 aliphatic rings. The zero-order valence-corrected chi connectivity index (χ0v) is 15.9. The molecule has 8 nitrogen and oxygen atoms in total. The first kappa shape index (κ1) is 24.9. The first-order valence-corrected chi connectivity index (χ1v) is 6.94. The van der Waals surface area contributed by atoms with E-state index in [1.54, 1.807) is 6.26 Å².